The van der Waals surface area contributed by atoms with E-state index in [1.807, 2.05) is 12.1 Å². The van der Waals surface area contributed by atoms with Crippen molar-refractivity contribution in [2.75, 3.05) is 11.5 Å². The van der Waals surface area contributed by atoms with Crippen molar-refractivity contribution in [2.24, 2.45) is 52.3 Å². The Morgan fingerprint density at radius 1 is 0.889 bits per heavy atom. The zero-order valence-electron chi connectivity index (χ0n) is 23.7. The van der Waals surface area contributed by atoms with Crippen LogP contribution in [0.2, 0.25) is 0 Å². The van der Waals surface area contributed by atoms with E-state index in [1.54, 1.807) is 6.07 Å². The normalized spacial score (nSPS) is 38.6. The third-order valence-corrected chi connectivity index (χ3v) is 11.7. The molecule has 0 amide bonds. The highest BCUT2D eigenvalue weighted by atomic mass is 16.5. The van der Waals surface area contributed by atoms with Gasteiger partial charge in [0.05, 0.1) is 0 Å². The number of ether oxygens (including phenoxy) is 1. The van der Waals surface area contributed by atoms with E-state index in [4.69, 9.17) is 16.2 Å². The number of nitrogens with two attached hydrogens (primary N) is 2. The summed E-state index contributed by atoms with van der Waals surface area (Å²) >= 11 is 0. The minimum Gasteiger partial charge on any atom is -0.462 e. The Bertz CT molecular complexity index is 948. The summed E-state index contributed by atoms with van der Waals surface area (Å²) in [6.07, 6.45) is 17.5. The van der Waals surface area contributed by atoms with Crippen LogP contribution in [0.5, 0.6) is 5.75 Å². The molecule has 0 aliphatic heterocycles. The van der Waals surface area contributed by atoms with Crippen LogP contribution in [0.3, 0.4) is 0 Å². The molecular weight excluding hydrogens is 440 g/mol. The van der Waals surface area contributed by atoms with Gasteiger partial charge < -0.3 is 16.2 Å². The molecule has 200 valence electrons. The molecule has 3 heteroatoms. The second kappa shape index (κ2) is 9.91. The van der Waals surface area contributed by atoms with Crippen molar-refractivity contribution in [1.82, 2.24) is 0 Å². The molecule has 4 aliphatic carbocycles. The molecule has 0 spiro atoms. The number of allylic oxidation sites excluding steroid dienone is 2. The molecule has 0 aromatic heterocycles. The number of anilines is 2. The van der Waals surface area contributed by atoms with Crippen LogP contribution in [-0.2, 0) is 0 Å². The zero-order chi connectivity index (χ0) is 25.7. The van der Waals surface area contributed by atoms with Crippen LogP contribution < -0.4 is 16.2 Å². The number of hydrogen-bond acceptors (Lipinski definition) is 3. The molecule has 5 rings (SSSR count). The molecule has 0 radical (unpaired) electrons. The topological polar surface area (TPSA) is 61.3 Å². The quantitative estimate of drug-likeness (QED) is 0.374. The van der Waals surface area contributed by atoms with Gasteiger partial charge in [0.2, 0.25) is 0 Å². The smallest absolute Gasteiger partial charge is 0.131 e. The second-order valence-corrected chi connectivity index (χ2v) is 14.2. The SMILES string of the molecule is CC(C)CCC[C@@H](C)[C@H]1CCC2C3CCC4CC(Oc5cc(N)cc(N)c5)=CC[C@]4(C)C3CC[C@@]21C. The zero-order valence-corrected chi connectivity index (χ0v) is 23.7. The maximum absolute atomic E-state index is 6.32. The van der Waals surface area contributed by atoms with E-state index in [0.29, 0.717) is 22.2 Å². The highest BCUT2D eigenvalue weighted by Gasteiger charge is 2.60. The van der Waals surface area contributed by atoms with Crippen LogP contribution in [0, 0.1) is 52.3 Å². The maximum Gasteiger partial charge on any atom is 0.131 e. The lowest BCUT2D eigenvalue weighted by Crippen LogP contribution is -2.53. The summed E-state index contributed by atoms with van der Waals surface area (Å²) < 4.78 is 6.32. The first-order chi connectivity index (χ1) is 17.1. The first-order valence-electron chi connectivity index (χ1n) is 15.1. The van der Waals surface area contributed by atoms with Gasteiger partial charge in [-0.1, -0.05) is 53.9 Å². The number of benzene rings is 1. The summed E-state index contributed by atoms with van der Waals surface area (Å²) in [5, 5.41) is 0. The molecule has 36 heavy (non-hydrogen) atoms. The van der Waals surface area contributed by atoms with Crippen LogP contribution >= 0.6 is 0 Å². The molecule has 8 atom stereocenters. The number of nitrogen functional groups attached to an aromatic ring is 2. The van der Waals surface area contributed by atoms with Gasteiger partial charge in [0.25, 0.3) is 0 Å². The highest BCUT2D eigenvalue weighted by molar-refractivity contribution is 5.56. The van der Waals surface area contributed by atoms with Gasteiger partial charge in [-0.15, -0.1) is 0 Å². The molecule has 4 N–H and O–H groups in total. The summed E-state index contributed by atoms with van der Waals surface area (Å²) in [5.41, 5.74) is 14.3. The summed E-state index contributed by atoms with van der Waals surface area (Å²) in [6.45, 7) is 12.7. The summed E-state index contributed by atoms with van der Waals surface area (Å²) in [7, 11) is 0. The van der Waals surface area contributed by atoms with Crippen LogP contribution in [-0.4, -0.2) is 0 Å². The van der Waals surface area contributed by atoms with Gasteiger partial charge in [-0.2, -0.15) is 0 Å². The summed E-state index contributed by atoms with van der Waals surface area (Å²) in [4.78, 5) is 0. The van der Waals surface area contributed by atoms with E-state index < -0.39 is 0 Å². The van der Waals surface area contributed by atoms with E-state index in [1.165, 1.54) is 57.8 Å². The Morgan fingerprint density at radius 3 is 2.33 bits per heavy atom. The number of rotatable bonds is 7. The van der Waals surface area contributed by atoms with Crippen molar-refractivity contribution in [3.8, 4) is 5.75 Å². The van der Waals surface area contributed by atoms with E-state index in [9.17, 15) is 0 Å². The standard InChI is InChI=1S/C33H52N2O/c1-21(2)7-6-8-22(3)29-11-12-30-28-10-9-23-17-26(36-27-19-24(34)18-25(35)20-27)13-15-32(23,4)31(28)14-16-33(29,30)5/h13,18-23,28-31H,6-12,14-17,34-35H2,1-5H3/t22-,23?,28?,29-,30?,31?,32+,33-/m1/s1. The van der Waals surface area contributed by atoms with Crippen molar-refractivity contribution < 1.29 is 4.74 Å². The van der Waals surface area contributed by atoms with Crippen molar-refractivity contribution in [1.29, 1.82) is 0 Å². The van der Waals surface area contributed by atoms with E-state index in [2.05, 4.69) is 40.7 Å². The monoisotopic (exact) mass is 492 g/mol. The molecule has 3 nitrogen and oxygen atoms in total. The van der Waals surface area contributed by atoms with Crippen molar-refractivity contribution in [3.63, 3.8) is 0 Å². The van der Waals surface area contributed by atoms with E-state index in [-0.39, 0.29) is 0 Å². The predicted molar refractivity (Wildman–Crippen MR) is 152 cm³/mol. The Balaban J connectivity index is 1.27. The van der Waals surface area contributed by atoms with Gasteiger partial charge in [0.1, 0.15) is 11.5 Å². The second-order valence-electron chi connectivity index (χ2n) is 14.2. The van der Waals surface area contributed by atoms with Gasteiger partial charge in [-0.05, 0) is 109 Å². The minimum atomic E-state index is 0.423. The Kier molecular flexibility index (Phi) is 7.16. The van der Waals surface area contributed by atoms with Crippen LogP contribution in [0.4, 0.5) is 11.4 Å². The molecule has 1 aromatic rings. The fraction of sp³-hybridized carbons (Fsp3) is 0.758. The molecular formula is C33H52N2O. The number of hydrogen-bond donors (Lipinski definition) is 2. The molecule has 0 saturated heterocycles. The van der Waals surface area contributed by atoms with Crippen molar-refractivity contribution in [2.45, 2.75) is 105 Å². The largest absolute Gasteiger partial charge is 0.462 e. The van der Waals surface area contributed by atoms with Gasteiger partial charge in [-0.3, -0.25) is 0 Å². The lowest BCUT2D eigenvalue weighted by atomic mass is 9.45. The Morgan fingerprint density at radius 2 is 1.61 bits per heavy atom. The first kappa shape index (κ1) is 26.0. The molecule has 0 bridgehead atoms. The molecule has 1 aromatic carbocycles. The van der Waals surface area contributed by atoms with Gasteiger partial charge in [0, 0.05) is 29.9 Å². The number of fused-ring (bicyclic) bond motifs is 5. The average molecular weight is 493 g/mol. The van der Waals surface area contributed by atoms with Crippen LogP contribution in [0.1, 0.15) is 105 Å². The van der Waals surface area contributed by atoms with E-state index in [0.717, 1.165) is 65.8 Å². The van der Waals surface area contributed by atoms with Gasteiger partial charge in [-0.25, -0.2) is 0 Å². The Labute approximate surface area is 220 Å². The average Bonchev–Trinajstić information content (AvgIpc) is 3.15. The molecule has 0 heterocycles. The van der Waals surface area contributed by atoms with Crippen LogP contribution in [0.15, 0.2) is 30.0 Å². The minimum absolute atomic E-state index is 0.423. The van der Waals surface area contributed by atoms with Gasteiger partial charge >= 0.3 is 0 Å². The predicted octanol–water partition coefficient (Wildman–Crippen LogP) is 8.84. The van der Waals surface area contributed by atoms with Crippen LogP contribution in [0.25, 0.3) is 0 Å². The van der Waals surface area contributed by atoms with E-state index >= 15 is 0 Å². The molecule has 3 saturated carbocycles. The van der Waals surface area contributed by atoms with Crippen molar-refractivity contribution >= 4 is 11.4 Å². The lowest BCUT2D eigenvalue weighted by Gasteiger charge is -2.60. The highest BCUT2D eigenvalue weighted by Crippen LogP contribution is 2.68. The molecule has 3 fully saturated rings. The third kappa shape index (κ3) is 4.69. The first-order valence-corrected chi connectivity index (χ1v) is 15.1. The fourth-order valence-electron chi connectivity index (χ4n) is 9.81. The molecule has 4 aliphatic rings. The molecule has 4 unspecified atom stereocenters. The van der Waals surface area contributed by atoms with Gasteiger partial charge in [0.15, 0.2) is 0 Å². The van der Waals surface area contributed by atoms with Crippen molar-refractivity contribution in [3.05, 3.63) is 30.0 Å². The summed E-state index contributed by atoms with van der Waals surface area (Å²) in [5.74, 6) is 8.07. The summed E-state index contributed by atoms with van der Waals surface area (Å²) in [6, 6.07) is 5.58. The lowest BCUT2D eigenvalue weighted by molar-refractivity contribution is -0.104. The maximum atomic E-state index is 6.32. The third-order valence-electron chi connectivity index (χ3n) is 11.7. The Hall–Kier alpha value is -1.64. The fourth-order valence-corrected chi connectivity index (χ4v) is 9.81.